The Balaban J connectivity index is 1.61. The number of amides is 1. The Morgan fingerprint density at radius 2 is 1.74 bits per heavy atom. The molecule has 0 aliphatic heterocycles. The summed E-state index contributed by atoms with van der Waals surface area (Å²) in [5, 5.41) is 2.47. The molecule has 4 aliphatic carbocycles. The summed E-state index contributed by atoms with van der Waals surface area (Å²) in [6, 6.07) is 1.87. The molecular formula is C17H17ClF3NO. The first-order chi connectivity index (χ1) is 10.8. The summed E-state index contributed by atoms with van der Waals surface area (Å²) in [5.74, 6) is -3.66. The zero-order valence-corrected chi connectivity index (χ0v) is 13.2. The zero-order chi connectivity index (χ0) is 16.4. The number of benzene rings is 1. The van der Waals surface area contributed by atoms with Gasteiger partial charge in [-0.1, -0.05) is 0 Å². The minimum atomic E-state index is -1.57. The van der Waals surface area contributed by atoms with Crippen LogP contribution in [0.2, 0.25) is 0 Å². The van der Waals surface area contributed by atoms with Crippen molar-refractivity contribution in [2.24, 2.45) is 17.3 Å². The number of rotatable bonds is 2. The maximum absolute atomic E-state index is 13.8. The van der Waals surface area contributed by atoms with Crippen molar-refractivity contribution < 1.29 is 18.0 Å². The molecular weight excluding hydrogens is 327 g/mol. The second kappa shape index (κ2) is 4.88. The van der Waals surface area contributed by atoms with E-state index in [0.29, 0.717) is 18.3 Å². The van der Waals surface area contributed by atoms with Crippen LogP contribution in [0, 0.1) is 34.7 Å². The van der Waals surface area contributed by atoms with Gasteiger partial charge < -0.3 is 5.32 Å². The lowest BCUT2D eigenvalue weighted by Gasteiger charge is -2.59. The Kier molecular flexibility index (Phi) is 3.25. The standard InChI is InChI=1S/C17H17ClF3NO/c18-17-6-9-3-10(7-17)5-16(4-9,8-17)15(23)22-12-2-1-11(19)13(20)14(12)21/h1-2,9-10H,3-8H2,(H,22,23)/t9-,10+,16?,17?. The number of anilines is 1. The van der Waals surface area contributed by atoms with E-state index in [1.54, 1.807) is 0 Å². The third kappa shape index (κ3) is 2.35. The summed E-state index contributed by atoms with van der Waals surface area (Å²) in [7, 11) is 0. The van der Waals surface area contributed by atoms with E-state index in [1.807, 2.05) is 0 Å². The fourth-order valence-corrected chi connectivity index (χ4v) is 5.99. The number of nitrogens with one attached hydrogen (secondary N) is 1. The predicted octanol–water partition coefficient (Wildman–Crippen LogP) is 4.62. The van der Waals surface area contributed by atoms with Crippen LogP contribution in [-0.4, -0.2) is 10.8 Å². The van der Waals surface area contributed by atoms with Crippen molar-refractivity contribution in [1.29, 1.82) is 0 Å². The number of carbonyl (C=O) groups is 1. The minimum Gasteiger partial charge on any atom is -0.323 e. The van der Waals surface area contributed by atoms with E-state index in [1.165, 1.54) is 0 Å². The molecule has 4 bridgehead atoms. The zero-order valence-electron chi connectivity index (χ0n) is 12.5. The third-order valence-electron chi connectivity index (χ3n) is 5.75. The van der Waals surface area contributed by atoms with Crippen LogP contribution in [0.15, 0.2) is 12.1 Å². The van der Waals surface area contributed by atoms with Crippen LogP contribution in [0.1, 0.15) is 38.5 Å². The molecule has 23 heavy (non-hydrogen) atoms. The van der Waals surface area contributed by atoms with Crippen LogP contribution in [0.3, 0.4) is 0 Å². The molecule has 0 radical (unpaired) electrons. The summed E-state index contributed by atoms with van der Waals surface area (Å²) in [6.07, 6.45) is 5.03. The van der Waals surface area contributed by atoms with Gasteiger partial charge in [-0.15, -0.1) is 11.6 Å². The molecule has 4 saturated carbocycles. The second-order valence-corrected chi connectivity index (χ2v) is 8.37. The van der Waals surface area contributed by atoms with E-state index in [0.717, 1.165) is 44.2 Å². The molecule has 124 valence electrons. The topological polar surface area (TPSA) is 29.1 Å². The summed E-state index contributed by atoms with van der Waals surface area (Å²) < 4.78 is 40.2. The lowest BCUT2D eigenvalue weighted by molar-refractivity contribution is -0.138. The van der Waals surface area contributed by atoms with E-state index in [4.69, 9.17) is 11.6 Å². The van der Waals surface area contributed by atoms with E-state index in [-0.39, 0.29) is 16.5 Å². The van der Waals surface area contributed by atoms with Gasteiger partial charge in [0.2, 0.25) is 5.91 Å². The van der Waals surface area contributed by atoms with Gasteiger partial charge in [0.1, 0.15) is 0 Å². The number of halogens is 4. The van der Waals surface area contributed by atoms with Crippen molar-refractivity contribution in [2.75, 3.05) is 5.32 Å². The number of hydrogen-bond acceptors (Lipinski definition) is 1. The maximum atomic E-state index is 13.8. The summed E-state index contributed by atoms with van der Waals surface area (Å²) in [5.41, 5.74) is -0.920. The highest BCUT2D eigenvalue weighted by atomic mass is 35.5. The number of carbonyl (C=O) groups excluding carboxylic acids is 1. The highest BCUT2D eigenvalue weighted by Gasteiger charge is 2.60. The molecule has 4 atom stereocenters. The van der Waals surface area contributed by atoms with Crippen LogP contribution < -0.4 is 5.32 Å². The molecule has 0 aromatic heterocycles. The first-order valence-corrected chi connectivity index (χ1v) is 8.32. The monoisotopic (exact) mass is 343 g/mol. The van der Waals surface area contributed by atoms with Crippen LogP contribution in [-0.2, 0) is 4.79 Å². The molecule has 1 aromatic carbocycles. The molecule has 0 heterocycles. The minimum absolute atomic E-state index is 0.312. The van der Waals surface area contributed by atoms with Crippen LogP contribution >= 0.6 is 11.6 Å². The molecule has 4 fully saturated rings. The third-order valence-corrected chi connectivity index (χ3v) is 6.20. The molecule has 0 spiro atoms. The number of hydrogen-bond donors (Lipinski definition) is 1. The van der Waals surface area contributed by atoms with Crippen LogP contribution in [0.5, 0.6) is 0 Å². The molecule has 1 amide bonds. The van der Waals surface area contributed by atoms with Crippen molar-refractivity contribution in [3.63, 3.8) is 0 Å². The van der Waals surface area contributed by atoms with Crippen molar-refractivity contribution in [3.8, 4) is 0 Å². The summed E-state index contributed by atoms with van der Waals surface area (Å²) in [4.78, 5) is 12.5. The molecule has 2 unspecified atom stereocenters. The van der Waals surface area contributed by atoms with Gasteiger partial charge in [0.05, 0.1) is 11.1 Å². The molecule has 2 nitrogen and oxygen atoms in total. The van der Waals surface area contributed by atoms with E-state index in [2.05, 4.69) is 5.32 Å². The van der Waals surface area contributed by atoms with Gasteiger partial charge in [-0.25, -0.2) is 13.2 Å². The van der Waals surface area contributed by atoms with Crippen molar-refractivity contribution >= 4 is 23.2 Å². The Morgan fingerprint density at radius 3 is 2.35 bits per heavy atom. The maximum Gasteiger partial charge on any atom is 0.230 e. The summed E-state index contributed by atoms with van der Waals surface area (Å²) in [6.45, 7) is 0. The van der Waals surface area contributed by atoms with Crippen LogP contribution in [0.4, 0.5) is 18.9 Å². The summed E-state index contributed by atoms with van der Waals surface area (Å²) >= 11 is 6.68. The molecule has 1 N–H and O–H groups in total. The second-order valence-electron chi connectivity index (χ2n) is 7.57. The van der Waals surface area contributed by atoms with Gasteiger partial charge in [-0.3, -0.25) is 4.79 Å². The van der Waals surface area contributed by atoms with Crippen LogP contribution in [0.25, 0.3) is 0 Å². The highest BCUT2D eigenvalue weighted by Crippen LogP contribution is 2.64. The Hall–Kier alpha value is -1.23. The van der Waals surface area contributed by atoms with Gasteiger partial charge in [0, 0.05) is 4.87 Å². The van der Waals surface area contributed by atoms with Crippen molar-refractivity contribution in [2.45, 2.75) is 43.4 Å². The van der Waals surface area contributed by atoms with E-state index >= 15 is 0 Å². The van der Waals surface area contributed by atoms with Gasteiger partial charge in [0.25, 0.3) is 0 Å². The molecule has 0 saturated heterocycles. The average Bonchev–Trinajstić information content (AvgIpc) is 2.45. The first kappa shape index (κ1) is 15.3. The average molecular weight is 344 g/mol. The van der Waals surface area contributed by atoms with E-state index in [9.17, 15) is 18.0 Å². The molecule has 1 aromatic rings. The van der Waals surface area contributed by atoms with Gasteiger partial charge >= 0.3 is 0 Å². The van der Waals surface area contributed by atoms with Crippen molar-refractivity contribution in [3.05, 3.63) is 29.6 Å². The fraction of sp³-hybridized carbons (Fsp3) is 0.588. The normalized spacial score (nSPS) is 37.9. The lowest BCUT2D eigenvalue weighted by Crippen LogP contribution is -2.57. The lowest BCUT2D eigenvalue weighted by atomic mass is 9.49. The quantitative estimate of drug-likeness (QED) is 0.616. The van der Waals surface area contributed by atoms with Gasteiger partial charge in [-0.2, -0.15) is 0 Å². The van der Waals surface area contributed by atoms with Gasteiger partial charge in [-0.05, 0) is 62.5 Å². The van der Waals surface area contributed by atoms with Gasteiger partial charge in [0.15, 0.2) is 17.5 Å². The molecule has 5 rings (SSSR count). The Bertz CT molecular complexity index is 679. The predicted molar refractivity (Wildman–Crippen MR) is 80.6 cm³/mol. The van der Waals surface area contributed by atoms with E-state index < -0.39 is 22.9 Å². The largest absolute Gasteiger partial charge is 0.323 e. The van der Waals surface area contributed by atoms with Crippen molar-refractivity contribution in [1.82, 2.24) is 0 Å². The molecule has 6 heteroatoms. The highest BCUT2D eigenvalue weighted by molar-refractivity contribution is 6.24. The fourth-order valence-electron chi connectivity index (χ4n) is 5.29. The molecule has 4 aliphatic rings. The smallest absolute Gasteiger partial charge is 0.230 e. The number of alkyl halides is 1. The Labute approximate surface area is 137 Å². The SMILES string of the molecule is O=C(Nc1ccc(F)c(F)c1F)C12C[C@@H]3C[C@@H](CC(Cl)(C3)C1)C2. The Morgan fingerprint density at radius 1 is 1.09 bits per heavy atom. The first-order valence-electron chi connectivity index (χ1n) is 7.94.